The molecular weight excluding hydrogens is 124 g/mol. The molecule has 0 spiro atoms. The summed E-state index contributed by atoms with van der Waals surface area (Å²) < 4.78 is 0. The molecule has 50 valence electrons. The van der Waals surface area contributed by atoms with Crippen LogP contribution < -0.4 is 0 Å². The third-order valence-electron chi connectivity index (χ3n) is 0.322. The minimum atomic E-state index is 0. The number of aldehydes is 1. The first kappa shape index (κ1) is 16.2. The van der Waals surface area contributed by atoms with Crippen molar-refractivity contribution in [3.63, 3.8) is 0 Å². The van der Waals surface area contributed by atoms with Crippen molar-refractivity contribution < 1.29 is 4.79 Å². The summed E-state index contributed by atoms with van der Waals surface area (Å²) in [6.45, 7) is 7.44. The van der Waals surface area contributed by atoms with E-state index >= 15 is 0 Å². The van der Waals surface area contributed by atoms with E-state index in [0.717, 1.165) is 12.7 Å². The Morgan fingerprint density at radius 2 is 1.89 bits per heavy atom. The number of carbonyl (C=O) groups is 1. The molecule has 0 aliphatic heterocycles. The van der Waals surface area contributed by atoms with Crippen LogP contribution in [0.2, 0.25) is 0 Å². The quantitative estimate of drug-likeness (QED) is 0.322. The maximum absolute atomic E-state index is 9.36. The monoisotopic (exact) mass is 138 g/mol. The van der Waals surface area contributed by atoms with Crippen molar-refractivity contribution in [1.29, 1.82) is 0 Å². The smallest absolute Gasteiger partial charge is 0.343 e. The van der Waals surface area contributed by atoms with Gasteiger partial charge in [-0.2, -0.15) is 20.3 Å². The molecule has 0 unspecified atom stereocenters. The molecule has 0 rings (SSSR count). The molecule has 0 saturated heterocycles. The Morgan fingerprint density at radius 1 is 1.56 bits per heavy atom. The minimum Gasteiger partial charge on any atom is -0.343 e. The minimum absolute atomic E-state index is 0. The fourth-order valence-corrected chi connectivity index (χ4v) is 0.0833. The molecule has 0 atom stereocenters. The standard InChI is InChI=1S/C4H7O.C3H7.Mg/c1-2-3-4-5;1-3-2;/h4H,1-3H2;3H,1-2H3;/q2*-1;+2. The van der Waals surface area contributed by atoms with Crippen LogP contribution in [-0.2, 0) is 4.79 Å². The molecule has 0 aliphatic carbocycles. The molecule has 0 bridgehead atoms. The number of hydrogen-bond acceptors (Lipinski definition) is 1. The van der Waals surface area contributed by atoms with Crippen LogP contribution in [0.3, 0.4) is 0 Å². The van der Waals surface area contributed by atoms with Crippen LogP contribution in [0.25, 0.3) is 0 Å². The average molecular weight is 138 g/mol. The third-order valence-corrected chi connectivity index (χ3v) is 0.322. The maximum atomic E-state index is 9.36. The van der Waals surface area contributed by atoms with E-state index < -0.39 is 0 Å². The van der Waals surface area contributed by atoms with Crippen molar-refractivity contribution >= 4 is 29.3 Å². The molecule has 0 aromatic carbocycles. The molecule has 0 aromatic rings. The van der Waals surface area contributed by atoms with Crippen LogP contribution in [0, 0.1) is 13.3 Å². The van der Waals surface area contributed by atoms with Crippen LogP contribution in [0.15, 0.2) is 0 Å². The van der Waals surface area contributed by atoms with Gasteiger partial charge in [-0.15, -0.1) is 0 Å². The van der Waals surface area contributed by atoms with E-state index in [0.29, 0.717) is 6.42 Å². The molecule has 0 heterocycles. The fraction of sp³-hybridized carbons (Fsp3) is 0.571. The van der Waals surface area contributed by atoms with Crippen molar-refractivity contribution in [3.8, 4) is 0 Å². The van der Waals surface area contributed by atoms with Gasteiger partial charge in [-0.3, -0.25) is 0 Å². The van der Waals surface area contributed by atoms with Gasteiger partial charge in [-0.05, 0) is 6.42 Å². The van der Waals surface area contributed by atoms with Crippen LogP contribution >= 0.6 is 0 Å². The van der Waals surface area contributed by atoms with E-state index in [4.69, 9.17) is 0 Å². The zero-order valence-corrected chi connectivity index (χ0v) is 7.81. The van der Waals surface area contributed by atoms with Crippen molar-refractivity contribution in [2.75, 3.05) is 0 Å². The van der Waals surface area contributed by atoms with Gasteiger partial charge in [-0.1, -0.05) is 0 Å². The van der Waals surface area contributed by atoms with Gasteiger partial charge in [0, 0.05) is 0 Å². The second kappa shape index (κ2) is 23.7. The summed E-state index contributed by atoms with van der Waals surface area (Å²) in [5, 5.41) is 0. The fourth-order valence-electron chi connectivity index (χ4n) is 0.0833. The zero-order valence-electron chi connectivity index (χ0n) is 6.39. The van der Waals surface area contributed by atoms with E-state index in [9.17, 15) is 4.79 Å². The van der Waals surface area contributed by atoms with Crippen LogP contribution in [0.1, 0.15) is 26.7 Å². The maximum Gasteiger partial charge on any atom is 2.00 e. The largest absolute Gasteiger partial charge is 2.00 e. The SMILES string of the molecule is C[CH-]C.[CH2-]CCC=O.[Mg+2]. The van der Waals surface area contributed by atoms with Crippen molar-refractivity contribution in [2.45, 2.75) is 26.7 Å². The van der Waals surface area contributed by atoms with E-state index in [1.54, 1.807) is 0 Å². The Kier molecular flexibility index (Phi) is 42.7. The summed E-state index contributed by atoms with van der Waals surface area (Å²) in [5.41, 5.74) is 0. The summed E-state index contributed by atoms with van der Waals surface area (Å²) >= 11 is 0. The number of unbranched alkanes of at least 4 members (excludes halogenated alkanes) is 1. The summed E-state index contributed by atoms with van der Waals surface area (Å²) in [6.07, 6.45) is 4.19. The van der Waals surface area contributed by atoms with Gasteiger partial charge in [0.2, 0.25) is 0 Å². The molecule has 2 heteroatoms. The molecule has 9 heavy (non-hydrogen) atoms. The van der Waals surface area contributed by atoms with E-state index in [1.807, 2.05) is 20.3 Å². The molecular formula is C7H14MgO. The Bertz CT molecular complexity index is 37.9. The average Bonchev–Trinajstić information content (AvgIpc) is 1.71. The second-order valence-electron chi connectivity index (χ2n) is 1.39. The molecule has 0 fully saturated rings. The first-order chi connectivity index (χ1) is 3.83. The Labute approximate surface area is 74.4 Å². The van der Waals surface area contributed by atoms with Gasteiger partial charge in [0.1, 0.15) is 6.29 Å². The first-order valence-electron chi connectivity index (χ1n) is 2.80. The van der Waals surface area contributed by atoms with Crippen molar-refractivity contribution in [1.82, 2.24) is 0 Å². The molecule has 1 nitrogen and oxygen atoms in total. The molecule has 0 radical (unpaired) electrons. The summed E-state index contributed by atoms with van der Waals surface area (Å²) in [5.74, 6) is 0. The third kappa shape index (κ3) is 58.9. The molecule has 0 N–H and O–H groups in total. The Hall–Kier alpha value is 0.436. The molecule has 0 amide bonds. The topological polar surface area (TPSA) is 17.1 Å². The molecule has 0 aliphatic rings. The molecule has 0 saturated carbocycles. The summed E-state index contributed by atoms with van der Waals surface area (Å²) in [6, 6.07) is 0. The van der Waals surface area contributed by atoms with Crippen molar-refractivity contribution in [2.24, 2.45) is 0 Å². The van der Waals surface area contributed by atoms with Crippen LogP contribution in [0.5, 0.6) is 0 Å². The Balaban J connectivity index is -0.0000000800. The predicted molar refractivity (Wildman–Crippen MR) is 42.1 cm³/mol. The van der Waals surface area contributed by atoms with Gasteiger partial charge in [-0.25, -0.2) is 0 Å². The van der Waals surface area contributed by atoms with Gasteiger partial charge in [0.15, 0.2) is 0 Å². The first-order valence-corrected chi connectivity index (χ1v) is 2.80. The number of rotatable bonds is 2. The predicted octanol–water partition coefficient (Wildman–Crippen LogP) is 1.65. The van der Waals surface area contributed by atoms with E-state index in [-0.39, 0.29) is 23.1 Å². The van der Waals surface area contributed by atoms with Gasteiger partial charge in [0.05, 0.1) is 0 Å². The summed E-state index contributed by atoms with van der Waals surface area (Å²) in [7, 11) is 0. The van der Waals surface area contributed by atoms with Gasteiger partial charge >= 0.3 is 23.1 Å². The van der Waals surface area contributed by atoms with Crippen LogP contribution in [0.4, 0.5) is 0 Å². The summed E-state index contributed by atoms with van der Waals surface area (Å²) in [4.78, 5) is 9.36. The van der Waals surface area contributed by atoms with Crippen LogP contribution in [-0.4, -0.2) is 29.3 Å². The van der Waals surface area contributed by atoms with E-state index in [2.05, 4.69) is 6.92 Å². The zero-order chi connectivity index (χ0) is 6.83. The van der Waals surface area contributed by atoms with E-state index in [1.165, 1.54) is 0 Å². The number of carbonyl (C=O) groups excluding carboxylic acids is 1. The molecule has 0 aromatic heterocycles. The Morgan fingerprint density at radius 3 is 1.89 bits per heavy atom. The second-order valence-corrected chi connectivity index (χ2v) is 1.39. The van der Waals surface area contributed by atoms with Gasteiger partial charge < -0.3 is 18.1 Å². The van der Waals surface area contributed by atoms with Crippen molar-refractivity contribution in [3.05, 3.63) is 13.3 Å². The van der Waals surface area contributed by atoms with Gasteiger partial charge in [0.25, 0.3) is 0 Å². The normalized spacial score (nSPS) is 6.11. The number of hydrogen-bond donors (Lipinski definition) is 0.